The van der Waals surface area contributed by atoms with E-state index < -0.39 is 0 Å². The highest BCUT2D eigenvalue weighted by Crippen LogP contribution is 2.46. The maximum Gasteiger partial charge on any atom is 0.0446 e. The summed E-state index contributed by atoms with van der Waals surface area (Å²) in [4.78, 5) is 2.46. The van der Waals surface area contributed by atoms with Gasteiger partial charge in [0.2, 0.25) is 0 Å². The zero-order chi connectivity index (χ0) is 11.1. The Morgan fingerprint density at radius 2 is 2.19 bits per heavy atom. The van der Waals surface area contributed by atoms with Gasteiger partial charge in [0, 0.05) is 27.9 Å². The van der Waals surface area contributed by atoms with Crippen molar-refractivity contribution in [2.45, 2.75) is 19.8 Å². The Morgan fingerprint density at radius 1 is 1.38 bits per heavy atom. The maximum atomic E-state index is 2.46. The van der Waals surface area contributed by atoms with E-state index in [2.05, 4.69) is 58.7 Å². The molecule has 1 aliphatic heterocycles. The van der Waals surface area contributed by atoms with Crippen molar-refractivity contribution in [1.82, 2.24) is 0 Å². The molecule has 16 heavy (non-hydrogen) atoms. The molecule has 0 amide bonds. The molecule has 1 aromatic carbocycles. The fourth-order valence-corrected chi connectivity index (χ4v) is 3.00. The monoisotopic (exact) mass is 325 g/mol. The van der Waals surface area contributed by atoms with Gasteiger partial charge in [0.25, 0.3) is 0 Å². The van der Waals surface area contributed by atoms with E-state index >= 15 is 0 Å². The van der Waals surface area contributed by atoms with Crippen molar-refractivity contribution >= 4 is 33.9 Å². The lowest BCUT2D eigenvalue weighted by Crippen LogP contribution is -2.26. The second kappa shape index (κ2) is 4.06. The van der Waals surface area contributed by atoms with E-state index in [4.69, 9.17) is 0 Å². The molecule has 2 heteroatoms. The van der Waals surface area contributed by atoms with E-state index in [0.29, 0.717) is 0 Å². The SMILES string of the molecule is CCN1CC=C(C2CC2)c2cc(I)ccc21. The summed E-state index contributed by atoms with van der Waals surface area (Å²) in [6.07, 6.45) is 5.23. The van der Waals surface area contributed by atoms with Gasteiger partial charge >= 0.3 is 0 Å². The predicted octanol–water partition coefficient (Wildman–Crippen LogP) is 3.92. The Kier molecular flexibility index (Phi) is 2.70. The molecular weight excluding hydrogens is 309 g/mol. The molecule has 0 radical (unpaired) electrons. The van der Waals surface area contributed by atoms with Gasteiger partial charge in [-0.2, -0.15) is 0 Å². The topological polar surface area (TPSA) is 3.24 Å². The van der Waals surface area contributed by atoms with Crippen LogP contribution in [0.1, 0.15) is 25.3 Å². The largest absolute Gasteiger partial charge is 0.368 e. The highest BCUT2D eigenvalue weighted by molar-refractivity contribution is 14.1. The summed E-state index contributed by atoms with van der Waals surface area (Å²) in [6, 6.07) is 6.86. The van der Waals surface area contributed by atoms with Gasteiger partial charge in [-0.3, -0.25) is 0 Å². The van der Waals surface area contributed by atoms with Crippen LogP contribution in [0.15, 0.2) is 24.3 Å². The van der Waals surface area contributed by atoms with Crippen LogP contribution in [0.25, 0.3) is 5.57 Å². The number of nitrogens with zero attached hydrogens (tertiary/aromatic N) is 1. The second-order valence-electron chi connectivity index (χ2n) is 4.63. The Balaban J connectivity index is 2.09. The van der Waals surface area contributed by atoms with Crippen LogP contribution in [0.5, 0.6) is 0 Å². The standard InChI is InChI=1S/C14H16IN/c1-2-16-8-7-12(10-3-4-10)13-9-11(15)5-6-14(13)16/h5-7,9-10H,2-4,8H2,1H3. The summed E-state index contributed by atoms with van der Waals surface area (Å²) >= 11 is 2.41. The molecule has 3 rings (SSSR count). The Labute approximate surface area is 111 Å². The Bertz CT molecular complexity index is 446. The molecule has 1 heterocycles. The van der Waals surface area contributed by atoms with E-state index in [1.54, 1.807) is 5.57 Å². The zero-order valence-electron chi connectivity index (χ0n) is 9.54. The van der Waals surface area contributed by atoms with Crippen LogP contribution in [0.2, 0.25) is 0 Å². The van der Waals surface area contributed by atoms with Gasteiger partial charge in [0.1, 0.15) is 0 Å². The van der Waals surface area contributed by atoms with Gasteiger partial charge in [0.05, 0.1) is 0 Å². The van der Waals surface area contributed by atoms with E-state index in [1.807, 2.05) is 0 Å². The van der Waals surface area contributed by atoms with Crippen LogP contribution >= 0.6 is 22.6 Å². The first-order valence-electron chi connectivity index (χ1n) is 6.04. The smallest absolute Gasteiger partial charge is 0.0446 e. The number of hydrogen-bond donors (Lipinski definition) is 0. The molecule has 1 fully saturated rings. The molecular formula is C14H16IN. The zero-order valence-corrected chi connectivity index (χ0v) is 11.7. The van der Waals surface area contributed by atoms with Crippen LogP contribution in [-0.2, 0) is 0 Å². The van der Waals surface area contributed by atoms with E-state index in [1.165, 1.54) is 27.7 Å². The summed E-state index contributed by atoms with van der Waals surface area (Å²) in [7, 11) is 0. The first-order valence-corrected chi connectivity index (χ1v) is 7.12. The molecule has 0 bridgehead atoms. The number of rotatable bonds is 2. The number of benzene rings is 1. The molecule has 0 atom stereocenters. The fraction of sp³-hybridized carbons (Fsp3) is 0.429. The number of hydrogen-bond acceptors (Lipinski definition) is 1. The number of anilines is 1. The number of halogens is 1. The molecule has 84 valence electrons. The molecule has 2 aliphatic rings. The Morgan fingerprint density at radius 3 is 2.88 bits per heavy atom. The van der Waals surface area contributed by atoms with Crippen molar-refractivity contribution in [2.75, 3.05) is 18.0 Å². The maximum absolute atomic E-state index is 2.46. The van der Waals surface area contributed by atoms with Crippen molar-refractivity contribution < 1.29 is 0 Å². The van der Waals surface area contributed by atoms with Gasteiger partial charge in [-0.15, -0.1) is 0 Å². The lowest BCUT2D eigenvalue weighted by molar-refractivity contribution is 0.886. The number of likely N-dealkylation sites (N-methyl/N-ethyl adjacent to an activating group) is 1. The molecule has 0 saturated heterocycles. The highest BCUT2D eigenvalue weighted by atomic mass is 127. The molecule has 0 N–H and O–H groups in total. The van der Waals surface area contributed by atoms with Crippen LogP contribution in [-0.4, -0.2) is 13.1 Å². The lowest BCUT2D eigenvalue weighted by Gasteiger charge is -2.30. The van der Waals surface area contributed by atoms with Crippen LogP contribution in [0, 0.1) is 9.49 Å². The third kappa shape index (κ3) is 1.77. The van der Waals surface area contributed by atoms with Gasteiger partial charge in [0.15, 0.2) is 0 Å². The first kappa shape index (κ1) is 10.6. The van der Waals surface area contributed by atoms with Gasteiger partial charge in [-0.05, 0) is 72.0 Å². The first-order chi connectivity index (χ1) is 7.79. The van der Waals surface area contributed by atoms with Crippen LogP contribution in [0.3, 0.4) is 0 Å². The van der Waals surface area contributed by atoms with E-state index in [-0.39, 0.29) is 0 Å². The van der Waals surface area contributed by atoms with E-state index in [9.17, 15) is 0 Å². The third-order valence-electron chi connectivity index (χ3n) is 3.54. The molecule has 1 aliphatic carbocycles. The van der Waals surface area contributed by atoms with Crippen LogP contribution < -0.4 is 4.90 Å². The van der Waals surface area contributed by atoms with Crippen molar-refractivity contribution in [3.05, 3.63) is 33.4 Å². The molecule has 1 saturated carbocycles. The van der Waals surface area contributed by atoms with Crippen molar-refractivity contribution in [2.24, 2.45) is 5.92 Å². The summed E-state index contributed by atoms with van der Waals surface area (Å²) < 4.78 is 1.35. The molecule has 1 aromatic rings. The minimum absolute atomic E-state index is 0.857. The fourth-order valence-electron chi connectivity index (χ4n) is 2.51. The van der Waals surface area contributed by atoms with E-state index in [0.717, 1.165) is 19.0 Å². The Hall–Kier alpha value is -0.510. The van der Waals surface area contributed by atoms with Crippen molar-refractivity contribution in [3.63, 3.8) is 0 Å². The lowest BCUT2D eigenvalue weighted by atomic mass is 9.95. The third-order valence-corrected chi connectivity index (χ3v) is 4.21. The van der Waals surface area contributed by atoms with Crippen molar-refractivity contribution in [1.29, 1.82) is 0 Å². The molecule has 0 unspecified atom stereocenters. The highest BCUT2D eigenvalue weighted by Gasteiger charge is 2.30. The number of fused-ring (bicyclic) bond motifs is 1. The normalized spacial score (nSPS) is 19.4. The van der Waals surface area contributed by atoms with Crippen LogP contribution in [0.4, 0.5) is 5.69 Å². The molecule has 0 aromatic heterocycles. The minimum Gasteiger partial charge on any atom is -0.368 e. The number of allylic oxidation sites excluding steroid dienone is 1. The average Bonchev–Trinajstić information content (AvgIpc) is 3.11. The van der Waals surface area contributed by atoms with Gasteiger partial charge in [-0.1, -0.05) is 6.08 Å². The van der Waals surface area contributed by atoms with Crippen molar-refractivity contribution in [3.8, 4) is 0 Å². The quantitative estimate of drug-likeness (QED) is 0.745. The summed E-state index contributed by atoms with van der Waals surface area (Å²) in [5.41, 5.74) is 4.54. The van der Waals surface area contributed by atoms with Gasteiger partial charge < -0.3 is 4.90 Å². The second-order valence-corrected chi connectivity index (χ2v) is 5.88. The minimum atomic E-state index is 0.857. The predicted molar refractivity (Wildman–Crippen MR) is 77.7 cm³/mol. The summed E-state index contributed by atoms with van der Waals surface area (Å²) in [6.45, 7) is 4.43. The molecule has 0 spiro atoms. The van der Waals surface area contributed by atoms with Gasteiger partial charge in [-0.25, -0.2) is 0 Å². The summed E-state index contributed by atoms with van der Waals surface area (Å²) in [5, 5.41) is 0. The summed E-state index contributed by atoms with van der Waals surface area (Å²) in [5.74, 6) is 0.857. The molecule has 1 nitrogen and oxygen atoms in total. The average molecular weight is 325 g/mol.